The summed E-state index contributed by atoms with van der Waals surface area (Å²) in [5.74, 6) is 1.87. The minimum absolute atomic E-state index is 0.521. The normalized spacial score (nSPS) is 24.6. The number of rotatable bonds is 4. The van der Waals surface area contributed by atoms with Gasteiger partial charge in [-0.2, -0.15) is 0 Å². The first-order chi connectivity index (χ1) is 8.40. The molecule has 1 aliphatic carbocycles. The molecular formula is C13H20N4. The molecule has 2 N–H and O–H groups in total. The fourth-order valence-electron chi connectivity index (χ4n) is 2.39. The van der Waals surface area contributed by atoms with E-state index in [9.17, 15) is 0 Å². The van der Waals surface area contributed by atoms with Gasteiger partial charge in [-0.05, 0) is 44.6 Å². The molecule has 0 radical (unpaired) electrons. The maximum atomic E-state index is 4.35. The Bertz CT molecular complexity index is 369. The monoisotopic (exact) mass is 232 g/mol. The number of nitrogens with one attached hydrogen (secondary N) is 2. The second-order valence-electron chi connectivity index (χ2n) is 5.23. The molecule has 1 saturated heterocycles. The van der Waals surface area contributed by atoms with Crippen LogP contribution in [0, 0.1) is 5.92 Å². The van der Waals surface area contributed by atoms with E-state index in [0.29, 0.717) is 6.04 Å². The van der Waals surface area contributed by atoms with Crippen molar-refractivity contribution in [3.05, 3.63) is 18.1 Å². The van der Waals surface area contributed by atoms with E-state index in [0.717, 1.165) is 31.2 Å². The van der Waals surface area contributed by atoms with Gasteiger partial charge >= 0.3 is 0 Å². The molecular weight excluding hydrogens is 212 g/mol. The largest absolute Gasteiger partial charge is 0.366 e. The van der Waals surface area contributed by atoms with Gasteiger partial charge in [0.15, 0.2) is 0 Å². The minimum Gasteiger partial charge on any atom is -0.366 e. The summed E-state index contributed by atoms with van der Waals surface area (Å²) >= 11 is 0. The standard InChI is InChI=1S/C13H20N4/c1-2-11(8-14-5-1)17-13-7-12(15-9-16-13)6-10-3-4-10/h7,9-11,14H,1-6,8H2,(H,15,16,17). The van der Waals surface area contributed by atoms with E-state index in [1.165, 1.54) is 31.4 Å². The van der Waals surface area contributed by atoms with E-state index in [2.05, 4.69) is 26.7 Å². The molecule has 0 aromatic carbocycles. The van der Waals surface area contributed by atoms with Crippen LogP contribution < -0.4 is 10.6 Å². The SMILES string of the molecule is c1nc(CC2CC2)cc(NC2CCCNC2)n1. The lowest BCUT2D eigenvalue weighted by atomic mass is 10.1. The van der Waals surface area contributed by atoms with Crippen molar-refractivity contribution in [3.8, 4) is 0 Å². The minimum atomic E-state index is 0.521. The number of nitrogens with zero attached hydrogens (tertiary/aromatic N) is 2. The third-order valence-electron chi connectivity index (χ3n) is 3.57. The quantitative estimate of drug-likeness (QED) is 0.828. The Morgan fingerprint density at radius 2 is 2.24 bits per heavy atom. The molecule has 4 heteroatoms. The summed E-state index contributed by atoms with van der Waals surface area (Å²) in [6.45, 7) is 2.19. The maximum absolute atomic E-state index is 4.35. The van der Waals surface area contributed by atoms with Crippen LogP contribution in [0.25, 0.3) is 0 Å². The van der Waals surface area contributed by atoms with Crippen LogP contribution in [0.1, 0.15) is 31.4 Å². The highest BCUT2D eigenvalue weighted by molar-refractivity contribution is 5.36. The van der Waals surface area contributed by atoms with Gasteiger partial charge in [0.1, 0.15) is 12.1 Å². The molecule has 4 nitrogen and oxygen atoms in total. The summed E-state index contributed by atoms with van der Waals surface area (Å²) < 4.78 is 0. The molecule has 2 fully saturated rings. The van der Waals surface area contributed by atoms with Gasteiger partial charge in [-0.3, -0.25) is 0 Å². The van der Waals surface area contributed by atoms with Crippen LogP contribution in [-0.2, 0) is 6.42 Å². The van der Waals surface area contributed by atoms with Crippen molar-refractivity contribution in [2.24, 2.45) is 5.92 Å². The first-order valence-corrected chi connectivity index (χ1v) is 6.68. The van der Waals surface area contributed by atoms with E-state index in [4.69, 9.17) is 0 Å². The summed E-state index contributed by atoms with van der Waals surface area (Å²) in [5.41, 5.74) is 1.19. The number of hydrogen-bond donors (Lipinski definition) is 2. The summed E-state index contributed by atoms with van der Waals surface area (Å²) in [6.07, 6.45) is 8.04. The summed E-state index contributed by atoms with van der Waals surface area (Å²) in [7, 11) is 0. The van der Waals surface area contributed by atoms with Crippen LogP contribution in [0.4, 0.5) is 5.82 Å². The van der Waals surface area contributed by atoms with Gasteiger partial charge in [0.25, 0.3) is 0 Å². The maximum Gasteiger partial charge on any atom is 0.129 e. The molecule has 1 saturated carbocycles. The average Bonchev–Trinajstić information content (AvgIpc) is 3.15. The molecule has 1 unspecified atom stereocenters. The van der Waals surface area contributed by atoms with E-state index in [1.807, 2.05) is 0 Å². The molecule has 1 aromatic rings. The predicted octanol–water partition coefficient (Wildman–Crippen LogP) is 1.59. The highest BCUT2D eigenvalue weighted by atomic mass is 15.1. The molecule has 2 aliphatic rings. The Balaban J connectivity index is 1.60. The molecule has 1 aliphatic heterocycles. The summed E-state index contributed by atoms with van der Waals surface area (Å²) in [6, 6.07) is 2.64. The fraction of sp³-hybridized carbons (Fsp3) is 0.692. The molecule has 17 heavy (non-hydrogen) atoms. The lowest BCUT2D eigenvalue weighted by Crippen LogP contribution is -2.38. The van der Waals surface area contributed by atoms with Crippen molar-refractivity contribution in [3.63, 3.8) is 0 Å². The van der Waals surface area contributed by atoms with Gasteiger partial charge in [-0.15, -0.1) is 0 Å². The van der Waals surface area contributed by atoms with Crippen molar-refractivity contribution >= 4 is 5.82 Å². The van der Waals surface area contributed by atoms with Crippen LogP contribution >= 0.6 is 0 Å². The highest BCUT2D eigenvalue weighted by Crippen LogP contribution is 2.32. The van der Waals surface area contributed by atoms with Crippen LogP contribution in [-0.4, -0.2) is 29.1 Å². The fourth-order valence-corrected chi connectivity index (χ4v) is 2.39. The predicted molar refractivity (Wildman–Crippen MR) is 68.0 cm³/mol. The smallest absolute Gasteiger partial charge is 0.129 e. The van der Waals surface area contributed by atoms with Gasteiger partial charge in [0, 0.05) is 24.3 Å². The summed E-state index contributed by atoms with van der Waals surface area (Å²) in [4.78, 5) is 8.66. The Morgan fingerprint density at radius 3 is 3.00 bits per heavy atom. The number of aromatic nitrogens is 2. The zero-order valence-corrected chi connectivity index (χ0v) is 10.2. The lowest BCUT2D eigenvalue weighted by Gasteiger charge is -2.24. The van der Waals surface area contributed by atoms with Crippen LogP contribution in [0.2, 0.25) is 0 Å². The molecule has 2 heterocycles. The molecule has 1 aromatic heterocycles. The first-order valence-electron chi connectivity index (χ1n) is 6.68. The van der Waals surface area contributed by atoms with Crippen molar-refractivity contribution < 1.29 is 0 Å². The molecule has 0 amide bonds. The Hall–Kier alpha value is -1.16. The van der Waals surface area contributed by atoms with E-state index in [1.54, 1.807) is 6.33 Å². The van der Waals surface area contributed by atoms with Crippen molar-refractivity contribution in [1.82, 2.24) is 15.3 Å². The van der Waals surface area contributed by atoms with Crippen LogP contribution in [0.3, 0.4) is 0 Å². The van der Waals surface area contributed by atoms with Crippen molar-refractivity contribution in [1.29, 1.82) is 0 Å². The second-order valence-corrected chi connectivity index (χ2v) is 5.23. The third-order valence-corrected chi connectivity index (χ3v) is 3.57. The van der Waals surface area contributed by atoms with Crippen molar-refractivity contribution in [2.45, 2.75) is 38.1 Å². The van der Waals surface area contributed by atoms with Gasteiger partial charge in [0.2, 0.25) is 0 Å². The Labute approximate surface area is 102 Å². The number of hydrogen-bond acceptors (Lipinski definition) is 4. The average molecular weight is 232 g/mol. The Kier molecular flexibility index (Phi) is 3.22. The first kappa shape index (κ1) is 11.0. The molecule has 0 bridgehead atoms. The van der Waals surface area contributed by atoms with E-state index < -0.39 is 0 Å². The van der Waals surface area contributed by atoms with E-state index in [-0.39, 0.29) is 0 Å². The van der Waals surface area contributed by atoms with Crippen LogP contribution in [0.5, 0.6) is 0 Å². The second kappa shape index (κ2) is 5.00. The molecule has 0 spiro atoms. The van der Waals surface area contributed by atoms with Gasteiger partial charge in [0.05, 0.1) is 0 Å². The zero-order chi connectivity index (χ0) is 11.5. The van der Waals surface area contributed by atoms with E-state index >= 15 is 0 Å². The van der Waals surface area contributed by atoms with Gasteiger partial charge in [-0.25, -0.2) is 9.97 Å². The zero-order valence-electron chi connectivity index (χ0n) is 10.2. The number of anilines is 1. The van der Waals surface area contributed by atoms with Crippen molar-refractivity contribution in [2.75, 3.05) is 18.4 Å². The topological polar surface area (TPSA) is 49.8 Å². The van der Waals surface area contributed by atoms with Gasteiger partial charge < -0.3 is 10.6 Å². The Morgan fingerprint density at radius 1 is 1.29 bits per heavy atom. The summed E-state index contributed by atoms with van der Waals surface area (Å²) in [5, 5.41) is 6.91. The molecule has 1 atom stereocenters. The third kappa shape index (κ3) is 3.16. The molecule has 92 valence electrons. The lowest BCUT2D eigenvalue weighted by molar-refractivity contribution is 0.479. The van der Waals surface area contributed by atoms with Crippen LogP contribution in [0.15, 0.2) is 12.4 Å². The highest BCUT2D eigenvalue weighted by Gasteiger charge is 2.22. The van der Waals surface area contributed by atoms with Gasteiger partial charge in [-0.1, -0.05) is 0 Å². The molecule has 3 rings (SSSR count). The number of piperidine rings is 1.